The molecule has 0 unspecified atom stereocenters. The van der Waals surface area contributed by atoms with Gasteiger partial charge in [0.05, 0.1) is 12.5 Å². The van der Waals surface area contributed by atoms with Crippen LogP contribution >= 0.6 is 0 Å². The molecule has 170 valence electrons. The molecular weight excluding hydrogens is 422 g/mol. The highest BCUT2D eigenvalue weighted by molar-refractivity contribution is 5.66. The first-order valence-corrected chi connectivity index (χ1v) is 11.2. The third-order valence-corrected chi connectivity index (χ3v) is 6.26. The fraction of sp³-hybridized carbons (Fsp3) is 0.269. The summed E-state index contributed by atoms with van der Waals surface area (Å²) in [6.45, 7) is 8.03. The van der Waals surface area contributed by atoms with Crippen molar-refractivity contribution in [3.63, 3.8) is 0 Å². The number of piperazine rings is 1. The van der Waals surface area contributed by atoms with Gasteiger partial charge in [-0.2, -0.15) is 5.10 Å². The van der Waals surface area contributed by atoms with Crippen molar-refractivity contribution in [3.05, 3.63) is 84.3 Å². The SMILES string of the molecule is CCN1CCN(Cc2cnn(-c3ccc(-c4ccc(F)cc4)cc3F)c2-c2ccco2)CC1. The molecule has 0 spiro atoms. The quantitative estimate of drug-likeness (QED) is 0.406. The van der Waals surface area contributed by atoms with E-state index in [0.29, 0.717) is 17.0 Å². The maximum Gasteiger partial charge on any atom is 0.152 e. The zero-order valence-corrected chi connectivity index (χ0v) is 18.5. The molecule has 1 fully saturated rings. The van der Waals surface area contributed by atoms with Gasteiger partial charge in [-0.3, -0.25) is 4.90 Å². The first-order valence-electron chi connectivity index (χ1n) is 11.2. The summed E-state index contributed by atoms with van der Waals surface area (Å²) >= 11 is 0. The number of nitrogens with zero attached hydrogens (tertiary/aromatic N) is 4. The molecule has 2 aromatic heterocycles. The van der Waals surface area contributed by atoms with Crippen molar-refractivity contribution in [3.8, 4) is 28.3 Å². The molecule has 0 atom stereocenters. The number of benzene rings is 2. The summed E-state index contributed by atoms with van der Waals surface area (Å²) in [4.78, 5) is 4.83. The second kappa shape index (κ2) is 9.29. The molecule has 7 heteroatoms. The predicted octanol–water partition coefficient (Wildman–Crippen LogP) is 5.22. The number of hydrogen-bond acceptors (Lipinski definition) is 4. The maximum atomic E-state index is 15.3. The van der Waals surface area contributed by atoms with E-state index in [-0.39, 0.29) is 5.82 Å². The Balaban J connectivity index is 1.47. The monoisotopic (exact) mass is 448 g/mol. The Labute approximate surface area is 191 Å². The largest absolute Gasteiger partial charge is 0.463 e. The lowest BCUT2D eigenvalue weighted by Crippen LogP contribution is -2.45. The molecule has 0 N–H and O–H groups in total. The van der Waals surface area contributed by atoms with Gasteiger partial charge >= 0.3 is 0 Å². The Hall–Kier alpha value is -3.29. The summed E-state index contributed by atoms with van der Waals surface area (Å²) in [5.74, 6) is -0.0772. The zero-order chi connectivity index (χ0) is 22.8. The first kappa shape index (κ1) is 21.6. The zero-order valence-electron chi connectivity index (χ0n) is 18.5. The van der Waals surface area contributed by atoms with Gasteiger partial charge in [0.1, 0.15) is 23.0 Å². The average Bonchev–Trinajstić information content (AvgIpc) is 3.50. The van der Waals surface area contributed by atoms with Gasteiger partial charge in [0, 0.05) is 38.3 Å². The van der Waals surface area contributed by atoms with Crippen molar-refractivity contribution >= 4 is 0 Å². The van der Waals surface area contributed by atoms with Gasteiger partial charge in [-0.1, -0.05) is 25.1 Å². The van der Waals surface area contributed by atoms with Crippen molar-refractivity contribution in [1.82, 2.24) is 19.6 Å². The smallest absolute Gasteiger partial charge is 0.152 e. The molecule has 0 aliphatic carbocycles. The van der Waals surface area contributed by atoms with Crippen LogP contribution in [0.3, 0.4) is 0 Å². The van der Waals surface area contributed by atoms with Crippen molar-refractivity contribution in [2.45, 2.75) is 13.5 Å². The minimum absolute atomic E-state index is 0.320. The Bertz CT molecular complexity index is 1210. The Kier molecular flexibility index (Phi) is 6.07. The summed E-state index contributed by atoms with van der Waals surface area (Å²) in [7, 11) is 0. The summed E-state index contributed by atoms with van der Waals surface area (Å²) in [6, 6.07) is 14.7. The number of hydrogen-bond donors (Lipinski definition) is 0. The highest BCUT2D eigenvalue weighted by Crippen LogP contribution is 2.31. The van der Waals surface area contributed by atoms with E-state index in [9.17, 15) is 4.39 Å². The number of likely N-dealkylation sites (N-methyl/N-ethyl adjacent to an activating group) is 1. The van der Waals surface area contributed by atoms with E-state index < -0.39 is 5.82 Å². The number of rotatable bonds is 6. The minimum atomic E-state index is -0.407. The van der Waals surface area contributed by atoms with Gasteiger partial charge in [-0.25, -0.2) is 13.5 Å². The van der Waals surface area contributed by atoms with E-state index in [1.54, 1.807) is 35.3 Å². The lowest BCUT2D eigenvalue weighted by molar-refractivity contribution is 0.132. The van der Waals surface area contributed by atoms with E-state index in [1.807, 2.05) is 18.2 Å². The van der Waals surface area contributed by atoms with Crippen LogP contribution in [0.1, 0.15) is 12.5 Å². The molecule has 0 radical (unpaired) electrons. The minimum Gasteiger partial charge on any atom is -0.463 e. The molecule has 0 bridgehead atoms. The second-order valence-corrected chi connectivity index (χ2v) is 8.29. The van der Waals surface area contributed by atoms with Crippen LogP contribution in [0.15, 0.2) is 71.5 Å². The van der Waals surface area contributed by atoms with Gasteiger partial charge < -0.3 is 9.32 Å². The predicted molar refractivity (Wildman–Crippen MR) is 124 cm³/mol. The molecule has 5 nitrogen and oxygen atoms in total. The van der Waals surface area contributed by atoms with Crippen LogP contribution in [-0.4, -0.2) is 52.3 Å². The van der Waals surface area contributed by atoms with Crippen LogP contribution in [-0.2, 0) is 6.54 Å². The highest BCUT2D eigenvalue weighted by Gasteiger charge is 2.23. The summed E-state index contributed by atoms with van der Waals surface area (Å²) in [5.41, 5.74) is 3.52. The Morgan fingerprint density at radius 1 is 0.909 bits per heavy atom. The molecule has 4 aromatic rings. The summed E-state index contributed by atoms with van der Waals surface area (Å²) in [6.07, 6.45) is 3.42. The van der Waals surface area contributed by atoms with Crippen molar-refractivity contribution in [1.29, 1.82) is 0 Å². The molecular formula is C26H26F2N4O. The second-order valence-electron chi connectivity index (χ2n) is 8.29. The summed E-state index contributed by atoms with van der Waals surface area (Å²) in [5, 5.41) is 4.54. The first-order chi connectivity index (χ1) is 16.1. The van der Waals surface area contributed by atoms with Gasteiger partial charge in [-0.05, 0) is 54.1 Å². The van der Waals surface area contributed by atoms with Gasteiger partial charge in [0.15, 0.2) is 5.76 Å². The fourth-order valence-corrected chi connectivity index (χ4v) is 4.36. The van der Waals surface area contributed by atoms with Crippen LogP contribution in [0, 0.1) is 11.6 Å². The standard InChI is InChI=1S/C26H26F2N4O/c1-2-30-11-13-31(14-12-30)18-21-17-29-32(26(21)25-4-3-15-33-25)24-10-7-20(16-23(24)28)19-5-8-22(27)9-6-19/h3-10,15-17H,2,11-14,18H2,1H3. The molecule has 5 rings (SSSR count). The Morgan fingerprint density at radius 2 is 1.64 bits per heavy atom. The van der Waals surface area contributed by atoms with Crippen LogP contribution in [0.2, 0.25) is 0 Å². The van der Waals surface area contributed by atoms with Crippen molar-refractivity contribution in [2.24, 2.45) is 0 Å². The number of furan rings is 1. The molecule has 2 aromatic carbocycles. The maximum absolute atomic E-state index is 15.3. The molecule has 1 aliphatic rings. The van der Waals surface area contributed by atoms with Gasteiger partial charge in [0.2, 0.25) is 0 Å². The van der Waals surface area contributed by atoms with E-state index >= 15 is 4.39 Å². The van der Waals surface area contributed by atoms with E-state index in [4.69, 9.17) is 4.42 Å². The third-order valence-electron chi connectivity index (χ3n) is 6.26. The lowest BCUT2D eigenvalue weighted by Gasteiger charge is -2.33. The summed E-state index contributed by atoms with van der Waals surface area (Å²) < 4.78 is 35.9. The van der Waals surface area contributed by atoms with E-state index in [2.05, 4.69) is 21.8 Å². The fourth-order valence-electron chi connectivity index (χ4n) is 4.36. The van der Waals surface area contributed by atoms with Crippen LogP contribution in [0.5, 0.6) is 0 Å². The van der Waals surface area contributed by atoms with Crippen molar-refractivity contribution in [2.75, 3.05) is 32.7 Å². The highest BCUT2D eigenvalue weighted by atomic mass is 19.1. The van der Waals surface area contributed by atoms with Crippen LogP contribution in [0.4, 0.5) is 8.78 Å². The normalized spacial score (nSPS) is 15.2. The van der Waals surface area contributed by atoms with Crippen molar-refractivity contribution < 1.29 is 13.2 Å². The molecule has 3 heterocycles. The lowest BCUT2D eigenvalue weighted by atomic mass is 10.0. The van der Waals surface area contributed by atoms with E-state index in [1.165, 1.54) is 18.2 Å². The topological polar surface area (TPSA) is 37.4 Å². The molecule has 0 saturated carbocycles. The molecule has 0 amide bonds. The Morgan fingerprint density at radius 3 is 2.30 bits per heavy atom. The third kappa shape index (κ3) is 4.47. The molecule has 1 saturated heterocycles. The number of aromatic nitrogens is 2. The van der Waals surface area contributed by atoms with Gasteiger partial charge in [-0.15, -0.1) is 0 Å². The van der Waals surface area contributed by atoms with Crippen LogP contribution in [0.25, 0.3) is 28.3 Å². The average molecular weight is 449 g/mol. The number of halogens is 2. The molecule has 33 heavy (non-hydrogen) atoms. The molecule has 1 aliphatic heterocycles. The van der Waals surface area contributed by atoms with E-state index in [0.717, 1.165) is 56.1 Å². The van der Waals surface area contributed by atoms with Gasteiger partial charge in [0.25, 0.3) is 0 Å². The van der Waals surface area contributed by atoms with Crippen LogP contribution < -0.4 is 0 Å².